The molecule has 1 aliphatic heterocycles. The van der Waals surface area contributed by atoms with Crippen LogP contribution in [0.25, 0.3) is 0 Å². The van der Waals surface area contributed by atoms with Crippen molar-refractivity contribution >= 4 is 23.0 Å². The average molecular weight is 272 g/mol. The zero-order valence-electron chi connectivity index (χ0n) is 10.8. The van der Waals surface area contributed by atoms with Crippen LogP contribution in [0.5, 0.6) is 0 Å². The first-order chi connectivity index (χ1) is 9.24. The Labute approximate surface area is 118 Å². The van der Waals surface area contributed by atoms with Crippen LogP contribution >= 0.6 is 12.2 Å². The Hall–Kier alpha value is -1.88. The van der Waals surface area contributed by atoms with E-state index in [9.17, 15) is 0 Å². The normalized spacial score (nSPS) is 14.1. The van der Waals surface area contributed by atoms with Gasteiger partial charge in [-0.05, 0) is 24.4 Å². The summed E-state index contributed by atoms with van der Waals surface area (Å²) in [5, 5.41) is 4.06. The molecular weight excluding hydrogens is 256 g/mol. The van der Waals surface area contributed by atoms with Crippen molar-refractivity contribution in [3.05, 3.63) is 48.0 Å². The monoisotopic (exact) mass is 272 g/mol. The van der Waals surface area contributed by atoms with Gasteiger partial charge in [-0.3, -0.25) is 0 Å². The van der Waals surface area contributed by atoms with Gasteiger partial charge in [0.25, 0.3) is 0 Å². The molecule has 1 aliphatic rings. The highest BCUT2D eigenvalue weighted by atomic mass is 32.1. The van der Waals surface area contributed by atoms with Gasteiger partial charge in [0.05, 0.1) is 24.3 Å². The molecule has 0 aliphatic carbocycles. The maximum Gasteiger partial charge on any atom is 0.173 e. The van der Waals surface area contributed by atoms with Crippen molar-refractivity contribution in [1.82, 2.24) is 14.5 Å². The minimum atomic E-state index is 0.776. The molecule has 2 heterocycles. The molecule has 0 spiro atoms. The van der Waals surface area contributed by atoms with Gasteiger partial charge in [-0.15, -0.1) is 0 Å². The van der Waals surface area contributed by atoms with E-state index in [1.807, 2.05) is 43.7 Å². The van der Waals surface area contributed by atoms with Gasteiger partial charge in [0.1, 0.15) is 0 Å². The van der Waals surface area contributed by atoms with Crippen molar-refractivity contribution in [1.29, 1.82) is 0 Å². The second kappa shape index (κ2) is 5.01. The summed E-state index contributed by atoms with van der Waals surface area (Å²) in [5.74, 6) is 0. The number of rotatable bonds is 1. The first-order valence-corrected chi connectivity index (χ1v) is 6.75. The van der Waals surface area contributed by atoms with E-state index in [2.05, 4.69) is 19.8 Å². The summed E-state index contributed by atoms with van der Waals surface area (Å²) in [4.78, 5) is 6.59. The largest absolute Gasteiger partial charge is 0.343 e. The Balaban J connectivity index is 1.71. The average Bonchev–Trinajstić information content (AvgIpc) is 2.81. The van der Waals surface area contributed by atoms with E-state index in [0.717, 1.165) is 30.3 Å². The number of nitrogens with zero attached hydrogens (tertiary/aromatic N) is 3. The van der Waals surface area contributed by atoms with Crippen LogP contribution in [0.3, 0.4) is 0 Å². The Kier molecular flexibility index (Phi) is 3.21. The van der Waals surface area contributed by atoms with E-state index < -0.39 is 0 Å². The molecule has 0 atom stereocenters. The molecule has 2 aromatic rings. The Morgan fingerprint density at radius 3 is 2.89 bits per heavy atom. The second-order valence-electron chi connectivity index (χ2n) is 4.72. The van der Waals surface area contributed by atoms with E-state index in [1.54, 1.807) is 0 Å². The number of anilines is 1. The molecule has 1 N–H and O–H groups in total. The van der Waals surface area contributed by atoms with Crippen LogP contribution in [-0.4, -0.2) is 26.1 Å². The molecule has 0 radical (unpaired) electrons. The van der Waals surface area contributed by atoms with E-state index in [0.29, 0.717) is 0 Å². The maximum absolute atomic E-state index is 5.49. The van der Waals surface area contributed by atoms with Crippen LogP contribution in [0, 0.1) is 0 Å². The lowest BCUT2D eigenvalue weighted by Gasteiger charge is -2.29. The number of aromatic nitrogens is 2. The third-order valence-electron chi connectivity index (χ3n) is 3.42. The Morgan fingerprint density at radius 2 is 2.11 bits per heavy atom. The number of imidazole rings is 1. The van der Waals surface area contributed by atoms with Crippen LogP contribution in [0.1, 0.15) is 11.4 Å². The summed E-state index contributed by atoms with van der Waals surface area (Å²) >= 11 is 5.49. The Bertz CT molecular complexity index is 591. The topological polar surface area (TPSA) is 33.1 Å². The highest BCUT2D eigenvalue weighted by molar-refractivity contribution is 7.80. The quantitative estimate of drug-likeness (QED) is 0.807. The van der Waals surface area contributed by atoms with E-state index in [-0.39, 0.29) is 0 Å². The molecule has 19 heavy (non-hydrogen) atoms. The number of aryl methyl sites for hydroxylation is 1. The summed E-state index contributed by atoms with van der Waals surface area (Å²) in [6, 6.07) is 10.0. The molecule has 0 unspecified atom stereocenters. The van der Waals surface area contributed by atoms with Crippen molar-refractivity contribution in [2.75, 3.05) is 11.9 Å². The first-order valence-electron chi connectivity index (χ1n) is 6.34. The summed E-state index contributed by atoms with van der Waals surface area (Å²) in [5.41, 5.74) is 3.48. The number of hydrogen-bond donors (Lipinski definition) is 1. The Morgan fingerprint density at radius 1 is 1.32 bits per heavy atom. The molecule has 4 nitrogen and oxygen atoms in total. The first kappa shape index (κ1) is 12.2. The standard InChI is InChI=1S/C14H16N4S/c1-17-10-15-12-7-8-18(9-13(12)17)14(19)16-11-5-3-2-4-6-11/h2-6,10H,7-9H2,1H3,(H,16,19). The predicted molar refractivity (Wildman–Crippen MR) is 80.0 cm³/mol. The van der Waals surface area contributed by atoms with Crippen LogP contribution in [0.4, 0.5) is 5.69 Å². The molecule has 98 valence electrons. The van der Waals surface area contributed by atoms with Crippen molar-refractivity contribution in [3.63, 3.8) is 0 Å². The number of benzene rings is 1. The fraction of sp³-hybridized carbons (Fsp3) is 0.286. The lowest BCUT2D eigenvalue weighted by atomic mass is 10.1. The SMILES string of the molecule is Cn1cnc2c1CN(C(=S)Nc1ccccc1)CC2. The predicted octanol–water partition coefficient (Wildman–Crippen LogP) is 2.18. The van der Waals surface area contributed by atoms with Crippen LogP contribution in [0.15, 0.2) is 36.7 Å². The number of fused-ring (bicyclic) bond motifs is 1. The van der Waals surface area contributed by atoms with Crippen molar-refractivity contribution in [2.45, 2.75) is 13.0 Å². The van der Waals surface area contributed by atoms with E-state index >= 15 is 0 Å². The lowest BCUT2D eigenvalue weighted by molar-refractivity contribution is 0.385. The lowest BCUT2D eigenvalue weighted by Crippen LogP contribution is -2.39. The molecule has 0 fully saturated rings. The van der Waals surface area contributed by atoms with Gasteiger partial charge in [0, 0.05) is 25.7 Å². The van der Waals surface area contributed by atoms with E-state index in [4.69, 9.17) is 12.2 Å². The molecule has 5 heteroatoms. The van der Waals surface area contributed by atoms with Crippen molar-refractivity contribution in [2.24, 2.45) is 7.05 Å². The molecule has 0 bridgehead atoms. The van der Waals surface area contributed by atoms with Crippen LogP contribution in [0.2, 0.25) is 0 Å². The maximum atomic E-state index is 5.49. The smallest absolute Gasteiger partial charge is 0.173 e. The molecule has 0 saturated heterocycles. The second-order valence-corrected chi connectivity index (χ2v) is 5.10. The molecule has 0 amide bonds. The van der Waals surface area contributed by atoms with Crippen molar-refractivity contribution in [3.8, 4) is 0 Å². The van der Waals surface area contributed by atoms with Gasteiger partial charge in [-0.25, -0.2) is 4.98 Å². The summed E-state index contributed by atoms with van der Waals surface area (Å²) in [7, 11) is 2.03. The summed E-state index contributed by atoms with van der Waals surface area (Å²) < 4.78 is 2.08. The minimum absolute atomic E-state index is 0.776. The zero-order valence-corrected chi connectivity index (χ0v) is 11.7. The van der Waals surface area contributed by atoms with Gasteiger partial charge in [0.15, 0.2) is 5.11 Å². The fourth-order valence-corrected chi connectivity index (χ4v) is 2.59. The number of thiocarbonyl (C=S) groups is 1. The van der Waals surface area contributed by atoms with Crippen LogP contribution < -0.4 is 5.32 Å². The molecular formula is C14H16N4S. The molecule has 1 aromatic carbocycles. The van der Waals surface area contributed by atoms with Gasteiger partial charge < -0.3 is 14.8 Å². The highest BCUT2D eigenvalue weighted by Gasteiger charge is 2.21. The molecule has 3 rings (SSSR count). The van der Waals surface area contributed by atoms with Gasteiger partial charge in [0.2, 0.25) is 0 Å². The van der Waals surface area contributed by atoms with Gasteiger partial charge in [-0.2, -0.15) is 0 Å². The van der Waals surface area contributed by atoms with Crippen LogP contribution in [-0.2, 0) is 20.0 Å². The minimum Gasteiger partial charge on any atom is -0.343 e. The van der Waals surface area contributed by atoms with Gasteiger partial charge >= 0.3 is 0 Å². The van der Waals surface area contributed by atoms with E-state index in [1.165, 1.54) is 11.4 Å². The third kappa shape index (κ3) is 2.46. The summed E-state index contributed by atoms with van der Waals surface area (Å²) in [6.45, 7) is 1.74. The highest BCUT2D eigenvalue weighted by Crippen LogP contribution is 2.18. The molecule has 0 saturated carbocycles. The fourth-order valence-electron chi connectivity index (χ4n) is 2.31. The summed E-state index contributed by atoms with van der Waals surface area (Å²) in [6.07, 6.45) is 2.83. The number of para-hydroxylation sites is 1. The zero-order chi connectivity index (χ0) is 13.2. The number of nitrogens with one attached hydrogen (secondary N) is 1. The third-order valence-corrected chi connectivity index (χ3v) is 3.78. The number of hydrogen-bond acceptors (Lipinski definition) is 2. The van der Waals surface area contributed by atoms with Crippen molar-refractivity contribution < 1.29 is 0 Å². The van der Waals surface area contributed by atoms with Gasteiger partial charge in [-0.1, -0.05) is 18.2 Å². The molecule has 1 aromatic heterocycles.